The Morgan fingerprint density at radius 1 is 1.12 bits per heavy atom. The van der Waals surface area contributed by atoms with Gasteiger partial charge in [0, 0.05) is 18.5 Å². The maximum Gasteiger partial charge on any atom is 0.266 e. The maximum absolute atomic E-state index is 12.8. The minimum Gasteiger partial charge on any atom is -0.463 e. The number of hydrogen-bond donors (Lipinski definition) is 1. The van der Waals surface area contributed by atoms with Crippen molar-refractivity contribution in [1.29, 1.82) is 0 Å². The third kappa shape index (κ3) is 2.89. The lowest BCUT2D eigenvalue weighted by Gasteiger charge is -2.27. The predicted molar refractivity (Wildman–Crippen MR) is 89.3 cm³/mol. The summed E-state index contributed by atoms with van der Waals surface area (Å²) in [5.74, 6) is 0.490. The fraction of sp³-hybridized carbons (Fsp3) is 0.222. The van der Waals surface area contributed by atoms with Crippen molar-refractivity contribution in [1.82, 2.24) is 15.4 Å². The van der Waals surface area contributed by atoms with Crippen LogP contribution in [0.25, 0.3) is 22.4 Å². The summed E-state index contributed by atoms with van der Waals surface area (Å²) >= 11 is 0. The van der Waals surface area contributed by atoms with Gasteiger partial charge >= 0.3 is 0 Å². The van der Waals surface area contributed by atoms with E-state index in [2.05, 4.69) is 10.4 Å². The van der Waals surface area contributed by atoms with Crippen LogP contribution < -0.4 is 5.43 Å². The quantitative estimate of drug-likeness (QED) is 0.802. The number of furan rings is 1. The number of morpholine rings is 1. The molecule has 122 valence electrons. The summed E-state index contributed by atoms with van der Waals surface area (Å²) in [6, 6.07) is 13.0. The number of ether oxygens (including phenoxy) is 1. The molecule has 1 amide bonds. The van der Waals surface area contributed by atoms with Gasteiger partial charge in [-0.2, -0.15) is 0 Å². The number of para-hydroxylation sites is 1. The molecule has 0 spiro atoms. The third-order valence-electron chi connectivity index (χ3n) is 4.01. The van der Waals surface area contributed by atoms with Gasteiger partial charge in [0.05, 0.1) is 30.6 Å². The van der Waals surface area contributed by atoms with Crippen LogP contribution in [0, 0.1) is 0 Å². The SMILES string of the molecule is O=C(NN1CCOCC1)c1cc(-c2ccco2)nc2ccccc12. The first-order chi connectivity index (χ1) is 11.8. The van der Waals surface area contributed by atoms with Crippen LogP contribution in [-0.2, 0) is 4.74 Å². The van der Waals surface area contributed by atoms with Crippen LogP contribution in [-0.4, -0.2) is 42.2 Å². The molecule has 6 heteroatoms. The van der Waals surface area contributed by atoms with Crippen LogP contribution in [0.5, 0.6) is 0 Å². The number of carbonyl (C=O) groups excluding carboxylic acids is 1. The fourth-order valence-corrected chi connectivity index (χ4v) is 2.79. The van der Waals surface area contributed by atoms with Gasteiger partial charge in [-0.3, -0.25) is 10.2 Å². The summed E-state index contributed by atoms with van der Waals surface area (Å²) in [5, 5.41) is 2.70. The molecule has 1 fully saturated rings. The number of fused-ring (bicyclic) bond motifs is 1. The first-order valence-corrected chi connectivity index (χ1v) is 7.88. The highest BCUT2D eigenvalue weighted by molar-refractivity contribution is 6.06. The molecule has 1 saturated heterocycles. The summed E-state index contributed by atoms with van der Waals surface area (Å²) in [4.78, 5) is 17.4. The van der Waals surface area contributed by atoms with Crippen LogP contribution in [0.3, 0.4) is 0 Å². The number of aromatic nitrogens is 1. The number of hydrogen-bond acceptors (Lipinski definition) is 5. The molecule has 3 heterocycles. The predicted octanol–water partition coefficient (Wildman–Crippen LogP) is 2.47. The highest BCUT2D eigenvalue weighted by Gasteiger charge is 2.18. The summed E-state index contributed by atoms with van der Waals surface area (Å²) in [7, 11) is 0. The zero-order valence-corrected chi connectivity index (χ0v) is 13.1. The Kier molecular flexibility index (Phi) is 3.98. The van der Waals surface area contributed by atoms with Gasteiger partial charge in [0.1, 0.15) is 5.69 Å². The van der Waals surface area contributed by atoms with Gasteiger partial charge in [0.15, 0.2) is 5.76 Å². The van der Waals surface area contributed by atoms with Gasteiger partial charge in [-0.1, -0.05) is 18.2 Å². The van der Waals surface area contributed by atoms with Crippen LogP contribution in [0.2, 0.25) is 0 Å². The van der Waals surface area contributed by atoms with Crippen molar-refractivity contribution in [2.45, 2.75) is 0 Å². The zero-order chi connectivity index (χ0) is 16.4. The second-order valence-corrected chi connectivity index (χ2v) is 5.59. The van der Waals surface area contributed by atoms with Crippen molar-refractivity contribution < 1.29 is 13.9 Å². The lowest BCUT2D eigenvalue weighted by Crippen LogP contribution is -2.48. The molecule has 0 atom stereocenters. The topological polar surface area (TPSA) is 67.6 Å². The Bertz CT molecular complexity index is 855. The highest BCUT2D eigenvalue weighted by atomic mass is 16.5. The molecule has 0 radical (unpaired) electrons. The second-order valence-electron chi connectivity index (χ2n) is 5.59. The summed E-state index contributed by atoms with van der Waals surface area (Å²) in [5.41, 5.74) is 4.94. The van der Waals surface area contributed by atoms with Crippen molar-refractivity contribution in [2.75, 3.05) is 26.3 Å². The van der Waals surface area contributed by atoms with Crippen molar-refractivity contribution in [3.8, 4) is 11.5 Å². The lowest BCUT2D eigenvalue weighted by atomic mass is 10.1. The first kappa shape index (κ1) is 14.9. The van der Waals surface area contributed by atoms with E-state index in [4.69, 9.17) is 9.15 Å². The molecule has 2 aromatic heterocycles. The number of rotatable bonds is 3. The van der Waals surface area contributed by atoms with E-state index in [0.29, 0.717) is 43.3 Å². The molecule has 6 nitrogen and oxygen atoms in total. The molecule has 0 bridgehead atoms. The molecule has 3 aromatic rings. The number of pyridine rings is 1. The number of benzene rings is 1. The minimum absolute atomic E-state index is 0.150. The van der Waals surface area contributed by atoms with Crippen LogP contribution in [0.1, 0.15) is 10.4 Å². The zero-order valence-electron chi connectivity index (χ0n) is 13.1. The Hall–Kier alpha value is -2.70. The Morgan fingerprint density at radius 3 is 2.75 bits per heavy atom. The summed E-state index contributed by atoms with van der Waals surface area (Å²) < 4.78 is 10.7. The maximum atomic E-state index is 12.8. The molecular weight excluding hydrogens is 306 g/mol. The Balaban J connectivity index is 1.73. The van der Waals surface area contributed by atoms with E-state index in [0.717, 1.165) is 10.9 Å². The van der Waals surface area contributed by atoms with Crippen LogP contribution in [0.4, 0.5) is 0 Å². The van der Waals surface area contributed by atoms with Gasteiger partial charge in [-0.15, -0.1) is 0 Å². The van der Waals surface area contributed by atoms with Crippen molar-refractivity contribution in [2.24, 2.45) is 0 Å². The van der Waals surface area contributed by atoms with Crippen LogP contribution >= 0.6 is 0 Å². The largest absolute Gasteiger partial charge is 0.463 e. The molecule has 1 aliphatic heterocycles. The van der Waals surface area contributed by atoms with Crippen LogP contribution in [0.15, 0.2) is 53.1 Å². The normalized spacial score (nSPS) is 15.5. The first-order valence-electron chi connectivity index (χ1n) is 7.88. The number of nitrogens with zero attached hydrogens (tertiary/aromatic N) is 2. The number of carbonyl (C=O) groups is 1. The average Bonchev–Trinajstić information content (AvgIpc) is 3.16. The van der Waals surface area contributed by atoms with E-state index in [1.807, 2.05) is 35.3 Å². The monoisotopic (exact) mass is 323 g/mol. The molecule has 1 aromatic carbocycles. The Morgan fingerprint density at radius 2 is 1.96 bits per heavy atom. The molecule has 0 aliphatic carbocycles. The van der Waals surface area contributed by atoms with Gasteiger partial charge in [-0.05, 0) is 24.3 Å². The second kappa shape index (κ2) is 6.43. The molecule has 1 aliphatic rings. The van der Waals surface area contributed by atoms with E-state index in [-0.39, 0.29) is 5.91 Å². The van der Waals surface area contributed by atoms with E-state index in [1.54, 1.807) is 18.4 Å². The van der Waals surface area contributed by atoms with E-state index < -0.39 is 0 Å². The van der Waals surface area contributed by atoms with Gasteiger partial charge < -0.3 is 9.15 Å². The highest BCUT2D eigenvalue weighted by Crippen LogP contribution is 2.25. The molecule has 4 rings (SSSR count). The Labute approximate surface area is 139 Å². The summed E-state index contributed by atoms with van der Waals surface area (Å²) in [6.07, 6.45) is 1.60. The van der Waals surface area contributed by atoms with Crippen molar-refractivity contribution in [3.05, 3.63) is 54.3 Å². The molecule has 24 heavy (non-hydrogen) atoms. The number of nitrogens with one attached hydrogen (secondary N) is 1. The molecule has 0 saturated carbocycles. The minimum atomic E-state index is -0.150. The van der Waals surface area contributed by atoms with Gasteiger partial charge in [0.25, 0.3) is 5.91 Å². The standard InChI is InChI=1S/C18H17N3O3/c22-18(20-21-7-10-23-11-8-21)14-12-16(17-6-3-9-24-17)19-15-5-2-1-4-13(14)15/h1-6,9,12H,7-8,10-11H2,(H,20,22). The van der Waals surface area contributed by atoms with E-state index in [1.165, 1.54) is 0 Å². The van der Waals surface area contributed by atoms with Gasteiger partial charge in [0.2, 0.25) is 0 Å². The molecule has 1 N–H and O–H groups in total. The summed E-state index contributed by atoms with van der Waals surface area (Å²) in [6.45, 7) is 2.60. The average molecular weight is 323 g/mol. The number of hydrazine groups is 1. The number of amides is 1. The fourth-order valence-electron chi connectivity index (χ4n) is 2.79. The van der Waals surface area contributed by atoms with E-state index >= 15 is 0 Å². The lowest BCUT2D eigenvalue weighted by molar-refractivity contribution is 0.0127. The van der Waals surface area contributed by atoms with Crippen molar-refractivity contribution >= 4 is 16.8 Å². The third-order valence-corrected chi connectivity index (χ3v) is 4.01. The van der Waals surface area contributed by atoms with Gasteiger partial charge in [-0.25, -0.2) is 9.99 Å². The smallest absolute Gasteiger partial charge is 0.266 e. The molecular formula is C18H17N3O3. The molecule has 0 unspecified atom stereocenters. The van der Waals surface area contributed by atoms with Crippen molar-refractivity contribution in [3.63, 3.8) is 0 Å². The van der Waals surface area contributed by atoms with E-state index in [9.17, 15) is 4.79 Å².